The summed E-state index contributed by atoms with van der Waals surface area (Å²) in [5.41, 5.74) is 2.98. The van der Waals surface area contributed by atoms with E-state index >= 15 is 0 Å². The number of carbonyl (C=O) groups is 1. The molecular weight excluding hydrogens is 369 g/mol. The highest BCUT2D eigenvalue weighted by molar-refractivity contribution is 6.34. The molecule has 0 saturated heterocycles. The SMILES string of the molecule is O=C(COc1cc(Cl)ccc1Cl)Nc1ccccc1Cc1ccccc1. The Bertz CT molecular complexity index is 898. The zero-order chi connectivity index (χ0) is 18.4. The number of anilines is 1. The highest BCUT2D eigenvalue weighted by atomic mass is 35.5. The first kappa shape index (κ1) is 18.3. The van der Waals surface area contributed by atoms with Gasteiger partial charge in [0.15, 0.2) is 6.61 Å². The summed E-state index contributed by atoms with van der Waals surface area (Å²) >= 11 is 12.0. The van der Waals surface area contributed by atoms with Gasteiger partial charge < -0.3 is 10.1 Å². The summed E-state index contributed by atoms with van der Waals surface area (Å²) < 4.78 is 5.48. The number of amides is 1. The van der Waals surface area contributed by atoms with Gasteiger partial charge in [0.25, 0.3) is 5.91 Å². The molecule has 0 radical (unpaired) electrons. The van der Waals surface area contributed by atoms with Gasteiger partial charge in [0.2, 0.25) is 0 Å². The van der Waals surface area contributed by atoms with Crippen molar-refractivity contribution in [3.63, 3.8) is 0 Å². The number of halogens is 2. The Morgan fingerprint density at radius 2 is 1.65 bits per heavy atom. The molecule has 1 amide bonds. The number of carbonyl (C=O) groups excluding carboxylic acids is 1. The molecule has 0 aromatic heterocycles. The van der Waals surface area contributed by atoms with E-state index in [0.717, 1.165) is 17.7 Å². The molecule has 0 atom stereocenters. The molecule has 0 heterocycles. The van der Waals surface area contributed by atoms with E-state index in [1.54, 1.807) is 18.2 Å². The van der Waals surface area contributed by atoms with E-state index in [2.05, 4.69) is 17.4 Å². The fraction of sp³-hybridized carbons (Fsp3) is 0.0952. The fourth-order valence-electron chi connectivity index (χ4n) is 2.53. The average molecular weight is 386 g/mol. The first-order chi connectivity index (χ1) is 12.6. The van der Waals surface area contributed by atoms with Gasteiger partial charge in [-0.1, -0.05) is 71.7 Å². The first-order valence-electron chi connectivity index (χ1n) is 8.11. The van der Waals surface area contributed by atoms with E-state index in [4.69, 9.17) is 27.9 Å². The third kappa shape index (κ3) is 5.01. The number of hydrogen-bond acceptors (Lipinski definition) is 2. The van der Waals surface area contributed by atoms with Crippen molar-refractivity contribution in [3.05, 3.63) is 94.0 Å². The number of nitrogens with one attached hydrogen (secondary N) is 1. The molecule has 3 nitrogen and oxygen atoms in total. The van der Waals surface area contributed by atoms with E-state index in [1.165, 1.54) is 5.56 Å². The minimum absolute atomic E-state index is 0.153. The van der Waals surface area contributed by atoms with Crippen molar-refractivity contribution >= 4 is 34.8 Å². The van der Waals surface area contributed by atoms with Crippen LogP contribution in [0.25, 0.3) is 0 Å². The van der Waals surface area contributed by atoms with Crippen LogP contribution in [0.4, 0.5) is 5.69 Å². The lowest BCUT2D eigenvalue weighted by atomic mass is 10.0. The Kier molecular flexibility index (Phi) is 6.16. The highest BCUT2D eigenvalue weighted by Crippen LogP contribution is 2.27. The quantitative estimate of drug-likeness (QED) is 0.599. The number of rotatable bonds is 6. The van der Waals surface area contributed by atoms with Crippen LogP contribution in [0.5, 0.6) is 5.75 Å². The molecule has 0 aliphatic carbocycles. The maximum Gasteiger partial charge on any atom is 0.262 e. The van der Waals surface area contributed by atoms with Crippen molar-refractivity contribution in [2.75, 3.05) is 11.9 Å². The van der Waals surface area contributed by atoms with Crippen molar-refractivity contribution in [3.8, 4) is 5.75 Å². The normalized spacial score (nSPS) is 10.4. The Morgan fingerprint density at radius 1 is 0.923 bits per heavy atom. The standard InChI is InChI=1S/C21H17Cl2NO2/c22-17-10-11-18(23)20(13-17)26-14-21(25)24-19-9-5-4-8-16(19)12-15-6-2-1-3-7-15/h1-11,13H,12,14H2,(H,24,25). The Labute approximate surface area is 162 Å². The van der Waals surface area contributed by atoms with Gasteiger partial charge in [-0.25, -0.2) is 0 Å². The van der Waals surface area contributed by atoms with Crippen LogP contribution in [0.1, 0.15) is 11.1 Å². The number of ether oxygens (including phenoxy) is 1. The van der Waals surface area contributed by atoms with Gasteiger partial charge in [-0.2, -0.15) is 0 Å². The smallest absolute Gasteiger partial charge is 0.262 e. The molecule has 0 spiro atoms. The van der Waals surface area contributed by atoms with Crippen LogP contribution in [0.15, 0.2) is 72.8 Å². The molecule has 26 heavy (non-hydrogen) atoms. The van der Waals surface area contributed by atoms with Gasteiger partial charge in [0, 0.05) is 16.8 Å². The second-order valence-corrected chi connectivity index (χ2v) is 6.57. The summed E-state index contributed by atoms with van der Waals surface area (Å²) in [4.78, 5) is 12.3. The van der Waals surface area contributed by atoms with Crippen molar-refractivity contribution in [2.45, 2.75) is 6.42 Å². The Morgan fingerprint density at radius 3 is 2.46 bits per heavy atom. The molecule has 0 fully saturated rings. The Balaban J connectivity index is 1.65. The molecule has 0 unspecified atom stereocenters. The summed E-state index contributed by atoms with van der Waals surface area (Å²) in [5.74, 6) is 0.119. The monoisotopic (exact) mass is 385 g/mol. The molecule has 0 bridgehead atoms. The second kappa shape index (κ2) is 8.75. The van der Waals surface area contributed by atoms with Crippen LogP contribution in [-0.4, -0.2) is 12.5 Å². The van der Waals surface area contributed by atoms with Crippen LogP contribution in [0, 0.1) is 0 Å². The summed E-state index contributed by atoms with van der Waals surface area (Å²) in [5, 5.41) is 3.80. The largest absolute Gasteiger partial charge is 0.482 e. The molecule has 0 aliphatic rings. The maximum absolute atomic E-state index is 12.3. The zero-order valence-corrected chi connectivity index (χ0v) is 15.4. The first-order valence-corrected chi connectivity index (χ1v) is 8.87. The minimum atomic E-state index is -0.262. The van der Waals surface area contributed by atoms with Crippen LogP contribution in [0.2, 0.25) is 10.0 Å². The van der Waals surface area contributed by atoms with Gasteiger partial charge in [0.1, 0.15) is 5.75 Å². The fourth-order valence-corrected chi connectivity index (χ4v) is 2.86. The molecule has 0 aliphatic heterocycles. The van der Waals surface area contributed by atoms with Gasteiger partial charge in [0.05, 0.1) is 5.02 Å². The molecule has 5 heteroatoms. The zero-order valence-electron chi connectivity index (χ0n) is 13.9. The van der Waals surface area contributed by atoms with Crippen LogP contribution >= 0.6 is 23.2 Å². The topological polar surface area (TPSA) is 38.3 Å². The lowest BCUT2D eigenvalue weighted by molar-refractivity contribution is -0.118. The second-order valence-electron chi connectivity index (χ2n) is 5.73. The molecule has 3 rings (SSSR count). The minimum Gasteiger partial charge on any atom is -0.482 e. The van der Waals surface area contributed by atoms with Gasteiger partial charge >= 0.3 is 0 Å². The van der Waals surface area contributed by atoms with E-state index in [0.29, 0.717) is 15.8 Å². The van der Waals surface area contributed by atoms with Crippen molar-refractivity contribution in [1.82, 2.24) is 0 Å². The number of hydrogen-bond donors (Lipinski definition) is 1. The van der Waals surface area contributed by atoms with Crippen molar-refractivity contribution in [1.29, 1.82) is 0 Å². The summed E-state index contributed by atoms with van der Waals surface area (Å²) in [6.45, 7) is -0.153. The predicted octanol–water partition coefficient (Wildman–Crippen LogP) is 5.60. The molecular formula is C21H17Cl2NO2. The molecule has 1 N–H and O–H groups in total. The summed E-state index contributed by atoms with van der Waals surface area (Å²) in [6.07, 6.45) is 0.734. The van der Waals surface area contributed by atoms with E-state index in [9.17, 15) is 4.79 Å². The van der Waals surface area contributed by atoms with Gasteiger partial charge in [-0.15, -0.1) is 0 Å². The molecule has 3 aromatic carbocycles. The average Bonchev–Trinajstić information content (AvgIpc) is 2.65. The van der Waals surface area contributed by atoms with E-state index < -0.39 is 0 Å². The summed E-state index contributed by atoms with van der Waals surface area (Å²) in [6, 6.07) is 22.7. The third-order valence-electron chi connectivity index (χ3n) is 3.78. The number of benzene rings is 3. The molecule has 0 saturated carbocycles. The maximum atomic E-state index is 12.3. The summed E-state index contributed by atoms with van der Waals surface area (Å²) in [7, 11) is 0. The predicted molar refractivity (Wildman–Crippen MR) is 106 cm³/mol. The molecule has 132 valence electrons. The van der Waals surface area contributed by atoms with E-state index in [1.807, 2.05) is 42.5 Å². The Hall–Kier alpha value is -2.49. The van der Waals surface area contributed by atoms with Gasteiger partial charge in [-0.05, 0) is 35.7 Å². The van der Waals surface area contributed by atoms with Crippen molar-refractivity contribution in [2.24, 2.45) is 0 Å². The third-order valence-corrected chi connectivity index (χ3v) is 4.33. The lowest BCUT2D eigenvalue weighted by Crippen LogP contribution is -2.21. The number of para-hydroxylation sites is 1. The molecule has 3 aromatic rings. The van der Waals surface area contributed by atoms with Crippen LogP contribution in [-0.2, 0) is 11.2 Å². The van der Waals surface area contributed by atoms with Gasteiger partial charge in [-0.3, -0.25) is 4.79 Å². The van der Waals surface area contributed by atoms with Crippen LogP contribution in [0.3, 0.4) is 0 Å². The van der Waals surface area contributed by atoms with Crippen LogP contribution < -0.4 is 10.1 Å². The highest BCUT2D eigenvalue weighted by Gasteiger charge is 2.10. The lowest BCUT2D eigenvalue weighted by Gasteiger charge is -2.12. The van der Waals surface area contributed by atoms with Crippen molar-refractivity contribution < 1.29 is 9.53 Å². The van der Waals surface area contributed by atoms with E-state index in [-0.39, 0.29) is 12.5 Å².